The van der Waals surface area contributed by atoms with Crippen LogP contribution in [0.4, 0.5) is 14.6 Å². The number of aromatic amines is 1. The Morgan fingerprint density at radius 1 is 1.23 bits per heavy atom. The van der Waals surface area contributed by atoms with E-state index in [1.807, 2.05) is 18.5 Å². The second-order valence-electron chi connectivity index (χ2n) is 10.9. The van der Waals surface area contributed by atoms with Gasteiger partial charge in [0, 0.05) is 24.1 Å². The van der Waals surface area contributed by atoms with E-state index in [0.717, 1.165) is 35.3 Å². The number of esters is 1. The molecule has 3 aliphatic rings. The molecule has 1 aromatic carbocycles. The SMILES string of the molecule is CCCSc1nc(N[C@@H]2C[C@H]2c2ccc(F)c(F)c2)c2[nH]n([C@@H]3C[C@H](OCC(=O)OC)[C@H]4OC(C)(C)O[C@H]43)c2n1. The summed E-state index contributed by atoms with van der Waals surface area (Å²) in [5.74, 6) is -1.32. The number of hydrogen-bond donors (Lipinski definition) is 2. The first-order chi connectivity index (χ1) is 19.2. The number of nitrogens with zero attached hydrogens (tertiary/aromatic N) is 3. The molecule has 0 amide bonds. The number of H-pyrrole nitrogens is 1. The predicted molar refractivity (Wildman–Crippen MR) is 143 cm³/mol. The van der Waals surface area contributed by atoms with Crippen LogP contribution in [0.5, 0.6) is 0 Å². The quantitative estimate of drug-likeness (QED) is 0.204. The molecular weight excluding hydrogens is 544 g/mol. The molecule has 0 unspecified atom stereocenters. The summed E-state index contributed by atoms with van der Waals surface area (Å²) in [5, 5.41) is 7.54. The topological polar surface area (TPSA) is 113 Å². The molecule has 13 heteroatoms. The molecule has 10 nitrogen and oxygen atoms in total. The van der Waals surface area contributed by atoms with Crippen LogP contribution in [0.2, 0.25) is 0 Å². The van der Waals surface area contributed by atoms with Gasteiger partial charge in [-0.3, -0.25) is 9.78 Å². The molecule has 40 heavy (non-hydrogen) atoms. The Hall–Kier alpha value is -2.74. The van der Waals surface area contributed by atoms with Crippen molar-refractivity contribution in [3.8, 4) is 0 Å². The van der Waals surface area contributed by atoms with Crippen molar-refractivity contribution in [2.45, 2.75) is 87.3 Å². The highest BCUT2D eigenvalue weighted by Crippen LogP contribution is 2.47. The van der Waals surface area contributed by atoms with Crippen molar-refractivity contribution in [2.75, 3.05) is 24.8 Å². The lowest BCUT2D eigenvalue weighted by Gasteiger charge is -2.28. The lowest BCUT2D eigenvalue weighted by Crippen LogP contribution is -2.32. The number of carbonyl (C=O) groups excluding carboxylic acids is 1. The van der Waals surface area contributed by atoms with Gasteiger partial charge in [0.05, 0.1) is 19.3 Å². The molecule has 2 N–H and O–H groups in total. The predicted octanol–water partition coefficient (Wildman–Crippen LogP) is 4.53. The Morgan fingerprint density at radius 3 is 2.77 bits per heavy atom. The van der Waals surface area contributed by atoms with Gasteiger partial charge in [0.15, 0.2) is 34.0 Å². The summed E-state index contributed by atoms with van der Waals surface area (Å²) >= 11 is 1.58. The van der Waals surface area contributed by atoms with Gasteiger partial charge in [-0.25, -0.2) is 23.5 Å². The van der Waals surface area contributed by atoms with E-state index in [0.29, 0.717) is 17.4 Å². The summed E-state index contributed by atoms with van der Waals surface area (Å²) in [6.07, 6.45) is 1.29. The zero-order chi connectivity index (χ0) is 28.2. The third kappa shape index (κ3) is 5.19. The molecule has 1 aliphatic heterocycles. The van der Waals surface area contributed by atoms with E-state index >= 15 is 0 Å². The van der Waals surface area contributed by atoms with Crippen LogP contribution < -0.4 is 5.32 Å². The molecule has 2 aliphatic carbocycles. The Balaban J connectivity index is 1.26. The van der Waals surface area contributed by atoms with Crippen LogP contribution >= 0.6 is 11.8 Å². The maximum Gasteiger partial charge on any atom is 0.331 e. The number of anilines is 1. The maximum atomic E-state index is 13.8. The molecule has 2 aromatic heterocycles. The molecule has 0 spiro atoms. The van der Waals surface area contributed by atoms with E-state index in [4.69, 9.17) is 28.9 Å². The highest BCUT2D eigenvalue weighted by Gasteiger charge is 2.56. The van der Waals surface area contributed by atoms with Gasteiger partial charge in [-0.05, 0) is 44.4 Å². The fourth-order valence-electron chi connectivity index (χ4n) is 5.63. The van der Waals surface area contributed by atoms with E-state index in [2.05, 4.69) is 17.3 Å². The molecule has 216 valence electrons. The van der Waals surface area contributed by atoms with Crippen molar-refractivity contribution in [3.05, 3.63) is 35.4 Å². The highest BCUT2D eigenvalue weighted by atomic mass is 32.2. The number of ether oxygens (including phenoxy) is 4. The van der Waals surface area contributed by atoms with Gasteiger partial charge in [0.1, 0.15) is 24.3 Å². The van der Waals surface area contributed by atoms with Crippen LogP contribution in [0.1, 0.15) is 57.6 Å². The normalized spacial score (nSPS) is 28.6. The van der Waals surface area contributed by atoms with Gasteiger partial charge >= 0.3 is 5.97 Å². The monoisotopic (exact) mass is 577 g/mol. The number of carbonyl (C=O) groups is 1. The lowest BCUT2D eigenvalue weighted by molar-refractivity contribution is -0.173. The van der Waals surface area contributed by atoms with Crippen LogP contribution in [0, 0.1) is 11.6 Å². The van der Waals surface area contributed by atoms with E-state index in [1.54, 1.807) is 17.8 Å². The minimum atomic E-state index is -0.847. The zero-order valence-corrected chi connectivity index (χ0v) is 23.6. The number of thioether (sulfide) groups is 1. The first-order valence-corrected chi connectivity index (χ1v) is 14.5. The number of nitrogens with one attached hydrogen (secondary N) is 2. The van der Waals surface area contributed by atoms with E-state index < -0.39 is 23.4 Å². The Kier molecular flexibility index (Phi) is 7.26. The van der Waals surface area contributed by atoms with Crippen LogP contribution in [0.25, 0.3) is 11.2 Å². The highest BCUT2D eigenvalue weighted by molar-refractivity contribution is 7.99. The van der Waals surface area contributed by atoms with Gasteiger partial charge in [-0.1, -0.05) is 24.8 Å². The summed E-state index contributed by atoms with van der Waals surface area (Å²) in [7, 11) is 1.33. The molecule has 6 rings (SSSR count). The van der Waals surface area contributed by atoms with Gasteiger partial charge < -0.3 is 24.3 Å². The van der Waals surface area contributed by atoms with Crippen LogP contribution in [0.15, 0.2) is 23.4 Å². The van der Waals surface area contributed by atoms with Crippen molar-refractivity contribution in [1.29, 1.82) is 0 Å². The fourth-order valence-corrected chi connectivity index (χ4v) is 6.32. The number of hydrogen-bond acceptors (Lipinski definition) is 9. The summed E-state index contributed by atoms with van der Waals surface area (Å²) in [4.78, 5) is 21.3. The van der Waals surface area contributed by atoms with Crippen molar-refractivity contribution < 1.29 is 32.5 Å². The summed E-state index contributed by atoms with van der Waals surface area (Å²) in [6.45, 7) is 5.66. The number of rotatable bonds is 10. The molecule has 0 radical (unpaired) electrons. The number of methoxy groups -OCH3 is 1. The van der Waals surface area contributed by atoms with E-state index in [1.165, 1.54) is 19.2 Å². The van der Waals surface area contributed by atoms with E-state index in [-0.39, 0.29) is 42.9 Å². The van der Waals surface area contributed by atoms with Crippen molar-refractivity contribution in [1.82, 2.24) is 19.7 Å². The molecular formula is C27H33F2N5O5S. The Morgan fingerprint density at radius 2 is 2.02 bits per heavy atom. The number of fused-ring (bicyclic) bond motifs is 2. The van der Waals surface area contributed by atoms with Crippen molar-refractivity contribution in [2.24, 2.45) is 0 Å². The van der Waals surface area contributed by atoms with Crippen LogP contribution in [-0.2, 0) is 23.7 Å². The molecule has 2 saturated carbocycles. The second-order valence-corrected chi connectivity index (χ2v) is 12.0. The first-order valence-electron chi connectivity index (χ1n) is 13.5. The number of halogens is 2. The van der Waals surface area contributed by atoms with Crippen molar-refractivity contribution in [3.63, 3.8) is 0 Å². The molecule has 3 heterocycles. The molecule has 0 bridgehead atoms. The smallest absolute Gasteiger partial charge is 0.331 e. The average Bonchev–Trinajstić information content (AvgIpc) is 3.50. The third-order valence-corrected chi connectivity index (χ3v) is 8.66. The average molecular weight is 578 g/mol. The summed E-state index contributed by atoms with van der Waals surface area (Å²) in [6, 6.07) is 3.95. The standard InChI is InChI=1S/C27H33F2N5O5S/c1-5-8-40-26-31-24(30-17-10-14(17)13-6-7-15(28)16(29)9-13)21-25(32-26)34(33-21)18-11-19(37-12-20(35)36-4)23-22(18)38-27(2,3)39-23/h6-7,9,14,17-19,22-23,33H,5,8,10-12H2,1-4H3,(H,30,31,32)/t14-,17+,18+,19-,22-,23+/m0/s1. The van der Waals surface area contributed by atoms with E-state index in [9.17, 15) is 13.6 Å². The summed E-state index contributed by atoms with van der Waals surface area (Å²) in [5.41, 5.74) is 2.27. The van der Waals surface area contributed by atoms with Gasteiger partial charge in [-0.15, -0.1) is 0 Å². The number of benzene rings is 1. The van der Waals surface area contributed by atoms with Gasteiger partial charge in [0.2, 0.25) is 0 Å². The summed E-state index contributed by atoms with van der Waals surface area (Å²) < 4.78 is 52.3. The Bertz CT molecular complexity index is 1410. The Labute approximate surface area is 234 Å². The van der Waals surface area contributed by atoms with Crippen LogP contribution in [0.3, 0.4) is 0 Å². The van der Waals surface area contributed by atoms with Crippen LogP contribution in [-0.4, -0.2) is 75.3 Å². The molecule has 1 saturated heterocycles. The maximum absolute atomic E-state index is 13.8. The van der Waals surface area contributed by atoms with Crippen molar-refractivity contribution >= 4 is 34.7 Å². The van der Waals surface area contributed by atoms with Gasteiger partial charge in [0.25, 0.3) is 0 Å². The van der Waals surface area contributed by atoms with Gasteiger partial charge in [-0.2, -0.15) is 0 Å². The first kappa shape index (κ1) is 27.4. The molecule has 3 fully saturated rings. The lowest BCUT2D eigenvalue weighted by atomic mass is 10.1. The minimum Gasteiger partial charge on any atom is -0.467 e. The molecule has 3 aromatic rings. The second kappa shape index (κ2) is 10.6. The largest absolute Gasteiger partial charge is 0.467 e. The zero-order valence-electron chi connectivity index (χ0n) is 22.8. The number of aromatic nitrogens is 4. The molecule has 6 atom stereocenters. The fraction of sp³-hybridized carbons (Fsp3) is 0.593. The third-order valence-electron chi connectivity index (χ3n) is 7.61. The minimum absolute atomic E-state index is 0.0445.